The van der Waals surface area contributed by atoms with Crippen molar-refractivity contribution < 1.29 is 18.8 Å². The van der Waals surface area contributed by atoms with E-state index in [1.54, 1.807) is 48.5 Å². The predicted molar refractivity (Wildman–Crippen MR) is 106 cm³/mol. The molecule has 7 nitrogen and oxygen atoms in total. The normalized spacial score (nSPS) is 11.0. The van der Waals surface area contributed by atoms with Crippen LogP contribution < -0.4 is 4.74 Å². The SMILES string of the molecule is CCOc1ccc(/C=C(\C#N)C(=O)OCc2nc(-c3ccc(Cl)cc3)no2)cc1. The molecule has 8 heteroatoms. The number of aromatic nitrogens is 2. The number of halogens is 1. The number of carbonyl (C=O) groups is 1. The van der Waals surface area contributed by atoms with Crippen molar-refractivity contribution in [1.82, 2.24) is 10.1 Å². The van der Waals surface area contributed by atoms with E-state index in [9.17, 15) is 10.1 Å². The van der Waals surface area contributed by atoms with Crippen LogP contribution in [0.4, 0.5) is 0 Å². The van der Waals surface area contributed by atoms with Crippen LogP contribution in [0, 0.1) is 11.3 Å². The second-order valence-corrected chi connectivity index (χ2v) is 6.20. The van der Waals surface area contributed by atoms with Gasteiger partial charge in [-0.1, -0.05) is 28.9 Å². The van der Waals surface area contributed by atoms with Gasteiger partial charge in [0, 0.05) is 10.6 Å². The van der Waals surface area contributed by atoms with Crippen LogP contribution in [0.2, 0.25) is 5.02 Å². The molecular formula is C21H16ClN3O4. The number of rotatable bonds is 7. The summed E-state index contributed by atoms with van der Waals surface area (Å²) in [5, 5.41) is 13.7. The summed E-state index contributed by atoms with van der Waals surface area (Å²) >= 11 is 5.85. The number of hydrogen-bond donors (Lipinski definition) is 0. The first-order valence-electron chi connectivity index (χ1n) is 8.69. The van der Waals surface area contributed by atoms with Gasteiger partial charge in [0.15, 0.2) is 6.61 Å². The third-order valence-corrected chi connectivity index (χ3v) is 3.99. The lowest BCUT2D eigenvalue weighted by molar-refractivity contribution is -0.140. The Hall–Kier alpha value is -3.63. The second kappa shape index (κ2) is 9.53. The maximum atomic E-state index is 12.2. The molecule has 3 aromatic rings. The Balaban J connectivity index is 1.63. The molecule has 0 amide bonds. The number of nitrogens with zero attached hydrogens (tertiary/aromatic N) is 3. The molecule has 0 spiro atoms. The van der Waals surface area contributed by atoms with Crippen molar-refractivity contribution >= 4 is 23.6 Å². The van der Waals surface area contributed by atoms with Crippen LogP contribution in [0.5, 0.6) is 5.75 Å². The first-order chi connectivity index (χ1) is 14.1. The minimum absolute atomic E-state index is 0.113. The molecule has 1 aromatic heterocycles. The molecule has 2 aromatic carbocycles. The summed E-state index contributed by atoms with van der Waals surface area (Å²) in [6, 6.07) is 15.7. The van der Waals surface area contributed by atoms with E-state index in [1.165, 1.54) is 6.08 Å². The topological polar surface area (TPSA) is 98.2 Å². The van der Waals surface area contributed by atoms with Gasteiger partial charge in [0.1, 0.15) is 17.4 Å². The summed E-state index contributed by atoms with van der Waals surface area (Å²) in [6.45, 7) is 2.20. The molecule has 146 valence electrons. The zero-order valence-electron chi connectivity index (χ0n) is 15.5. The molecule has 0 aliphatic heterocycles. The Morgan fingerprint density at radius 1 is 1.21 bits per heavy atom. The van der Waals surface area contributed by atoms with Gasteiger partial charge in [-0.05, 0) is 55.0 Å². The van der Waals surface area contributed by atoms with E-state index in [0.29, 0.717) is 34.3 Å². The van der Waals surface area contributed by atoms with Crippen molar-refractivity contribution in [3.8, 4) is 23.2 Å². The fourth-order valence-corrected chi connectivity index (χ4v) is 2.49. The Labute approximate surface area is 172 Å². The van der Waals surface area contributed by atoms with Crippen LogP contribution in [-0.2, 0) is 16.1 Å². The van der Waals surface area contributed by atoms with E-state index in [0.717, 1.165) is 0 Å². The zero-order valence-corrected chi connectivity index (χ0v) is 16.2. The molecule has 0 aliphatic carbocycles. The van der Waals surface area contributed by atoms with Crippen LogP contribution >= 0.6 is 11.6 Å². The average Bonchev–Trinajstić information content (AvgIpc) is 3.21. The van der Waals surface area contributed by atoms with Crippen LogP contribution in [0.15, 0.2) is 58.6 Å². The maximum absolute atomic E-state index is 12.2. The summed E-state index contributed by atoms with van der Waals surface area (Å²) in [4.78, 5) is 16.4. The largest absolute Gasteiger partial charge is 0.494 e. The molecular weight excluding hydrogens is 394 g/mol. The predicted octanol–water partition coefficient (Wildman–Crippen LogP) is 4.44. The lowest BCUT2D eigenvalue weighted by Crippen LogP contribution is -2.07. The molecule has 0 unspecified atom stereocenters. The number of benzene rings is 2. The fraction of sp³-hybridized carbons (Fsp3) is 0.143. The van der Waals surface area contributed by atoms with E-state index in [4.69, 9.17) is 25.6 Å². The second-order valence-electron chi connectivity index (χ2n) is 5.77. The van der Waals surface area contributed by atoms with Crippen LogP contribution in [-0.4, -0.2) is 22.7 Å². The summed E-state index contributed by atoms with van der Waals surface area (Å²) in [6.07, 6.45) is 1.44. The highest BCUT2D eigenvalue weighted by atomic mass is 35.5. The van der Waals surface area contributed by atoms with Gasteiger partial charge in [-0.2, -0.15) is 10.2 Å². The van der Waals surface area contributed by atoms with Gasteiger partial charge in [-0.25, -0.2) is 4.79 Å². The standard InChI is InChI=1S/C21H16ClN3O4/c1-2-27-18-9-3-14(4-10-18)11-16(12-23)21(26)28-13-19-24-20(25-29-19)15-5-7-17(22)8-6-15/h3-11H,2,13H2,1H3/b16-11+. The first-order valence-corrected chi connectivity index (χ1v) is 9.07. The number of ether oxygens (including phenoxy) is 2. The summed E-state index contributed by atoms with van der Waals surface area (Å²) in [5.41, 5.74) is 1.24. The smallest absolute Gasteiger partial charge is 0.349 e. The summed E-state index contributed by atoms with van der Waals surface area (Å²) in [5.74, 6) is 0.381. The van der Waals surface area contributed by atoms with Crippen molar-refractivity contribution in [3.05, 3.63) is 70.6 Å². The minimum Gasteiger partial charge on any atom is -0.494 e. The Kier molecular flexibility index (Phi) is 6.61. The Bertz CT molecular complexity index is 1050. The van der Waals surface area contributed by atoms with E-state index in [-0.39, 0.29) is 18.1 Å². The molecule has 0 N–H and O–H groups in total. The van der Waals surface area contributed by atoms with Gasteiger partial charge < -0.3 is 14.0 Å². The van der Waals surface area contributed by atoms with Crippen LogP contribution in [0.3, 0.4) is 0 Å². The van der Waals surface area contributed by atoms with Crippen LogP contribution in [0.25, 0.3) is 17.5 Å². The average molecular weight is 410 g/mol. The first kappa shape index (κ1) is 20.1. The Morgan fingerprint density at radius 2 is 1.93 bits per heavy atom. The summed E-state index contributed by atoms with van der Waals surface area (Å²) < 4.78 is 15.6. The molecule has 0 fully saturated rings. The molecule has 0 aliphatic rings. The third kappa shape index (κ3) is 5.43. The molecule has 0 saturated heterocycles. The quantitative estimate of drug-likeness (QED) is 0.323. The van der Waals surface area contributed by atoms with E-state index >= 15 is 0 Å². The van der Waals surface area contributed by atoms with Gasteiger partial charge in [0.2, 0.25) is 5.82 Å². The Morgan fingerprint density at radius 3 is 2.59 bits per heavy atom. The molecule has 0 atom stereocenters. The highest BCUT2D eigenvalue weighted by molar-refractivity contribution is 6.30. The van der Waals surface area contributed by atoms with Crippen molar-refractivity contribution in [2.45, 2.75) is 13.5 Å². The molecule has 1 heterocycles. The number of nitriles is 1. The van der Waals surface area contributed by atoms with Gasteiger partial charge in [0.25, 0.3) is 5.89 Å². The third-order valence-electron chi connectivity index (χ3n) is 3.74. The molecule has 29 heavy (non-hydrogen) atoms. The van der Waals surface area contributed by atoms with Gasteiger partial charge in [-0.3, -0.25) is 0 Å². The van der Waals surface area contributed by atoms with Gasteiger partial charge >= 0.3 is 5.97 Å². The monoisotopic (exact) mass is 409 g/mol. The van der Waals surface area contributed by atoms with E-state index in [2.05, 4.69) is 10.1 Å². The lowest BCUT2D eigenvalue weighted by Gasteiger charge is -2.03. The van der Waals surface area contributed by atoms with Gasteiger partial charge in [-0.15, -0.1) is 0 Å². The van der Waals surface area contributed by atoms with E-state index < -0.39 is 5.97 Å². The highest BCUT2D eigenvalue weighted by Gasteiger charge is 2.14. The van der Waals surface area contributed by atoms with Crippen molar-refractivity contribution in [3.63, 3.8) is 0 Å². The molecule has 0 bridgehead atoms. The minimum atomic E-state index is -0.785. The zero-order chi connectivity index (χ0) is 20.6. The maximum Gasteiger partial charge on any atom is 0.349 e. The van der Waals surface area contributed by atoms with Crippen LogP contribution in [0.1, 0.15) is 18.4 Å². The van der Waals surface area contributed by atoms with Gasteiger partial charge in [0.05, 0.1) is 6.61 Å². The molecule has 3 rings (SSSR count). The number of carbonyl (C=O) groups excluding carboxylic acids is 1. The number of esters is 1. The number of hydrogen-bond acceptors (Lipinski definition) is 7. The lowest BCUT2D eigenvalue weighted by atomic mass is 10.1. The summed E-state index contributed by atoms with van der Waals surface area (Å²) in [7, 11) is 0. The molecule has 0 radical (unpaired) electrons. The van der Waals surface area contributed by atoms with Crippen molar-refractivity contribution in [1.29, 1.82) is 5.26 Å². The fourth-order valence-electron chi connectivity index (χ4n) is 2.37. The molecule has 0 saturated carbocycles. The highest BCUT2D eigenvalue weighted by Crippen LogP contribution is 2.19. The van der Waals surface area contributed by atoms with Crippen molar-refractivity contribution in [2.75, 3.05) is 6.61 Å². The van der Waals surface area contributed by atoms with E-state index in [1.807, 2.05) is 13.0 Å². The van der Waals surface area contributed by atoms with Crippen molar-refractivity contribution in [2.24, 2.45) is 0 Å².